The second-order valence-corrected chi connectivity index (χ2v) is 11.9. The van der Waals surface area contributed by atoms with Crippen molar-refractivity contribution in [3.05, 3.63) is 69.7 Å². The summed E-state index contributed by atoms with van der Waals surface area (Å²) >= 11 is 2.49. The van der Waals surface area contributed by atoms with Crippen LogP contribution in [0.4, 0.5) is 13.2 Å². The van der Waals surface area contributed by atoms with E-state index in [0.29, 0.717) is 28.4 Å². The molecule has 0 N–H and O–H groups in total. The lowest BCUT2D eigenvalue weighted by Gasteiger charge is -2.11. The lowest BCUT2D eigenvalue weighted by molar-refractivity contribution is -0.0500. The van der Waals surface area contributed by atoms with Gasteiger partial charge in [0.1, 0.15) is 21.5 Å². The van der Waals surface area contributed by atoms with E-state index in [1.807, 2.05) is 25.1 Å². The van der Waals surface area contributed by atoms with E-state index in [9.17, 15) is 31.2 Å². The van der Waals surface area contributed by atoms with Gasteiger partial charge in [0.25, 0.3) is 0 Å². The number of methoxy groups -OCH3 is 1. The number of aromatic nitrogens is 2. The number of alkyl halides is 3. The monoisotopic (exact) mass is 672 g/mol. The van der Waals surface area contributed by atoms with Crippen molar-refractivity contribution in [1.29, 1.82) is 0 Å². The number of benzene rings is 2. The second-order valence-electron chi connectivity index (χ2n) is 8.66. The SMILES string of the molecule is CCOC(=O)c1csc(-c2cc(OC)ccc2C)n1.CCOC(=O)c1csc(-c2cc(OS(=O)(=O)C(F)(F)F)ccc2C)n1. The summed E-state index contributed by atoms with van der Waals surface area (Å²) in [5.41, 5.74) is -2.11. The Morgan fingerprint density at radius 2 is 1.23 bits per heavy atom. The highest BCUT2D eigenvalue weighted by molar-refractivity contribution is 7.88. The van der Waals surface area contributed by atoms with Crippen LogP contribution in [0.15, 0.2) is 47.2 Å². The van der Waals surface area contributed by atoms with Crippen LogP contribution < -0.4 is 8.92 Å². The molecule has 0 saturated carbocycles. The van der Waals surface area contributed by atoms with Gasteiger partial charge in [-0.15, -0.1) is 22.7 Å². The molecule has 0 aliphatic carbocycles. The smallest absolute Gasteiger partial charge is 0.497 e. The highest BCUT2D eigenvalue weighted by atomic mass is 32.2. The first-order chi connectivity index (χ1) is 20.7. The lowest BCUT2D eigenvalue weighted by Crippen LogP contribution is -2.28. The van der Waals surface area contributed by atoms with Gasteiger partial charge in [-0.2, -0.15) is 21.6 Å². The minimum absolute atomic E-state index is 0.0514. The lowest BCUT2D eigenvalue weighted by atomic mass is 10.1. The molecule has 16 heteroatoms. The van der Waals surface area contributed by atoms with Crippen LogP contribution in [0.3, 0.4) is 0 Å². The molecule has 44 heavy (non-hydrogen) atoms. The van der Waals surface area contributed by atoms with E-state index in [2.05, 4.69) is 14.2 Å². The molecule has 0 atom stereocenters. The first-order valence-corrected chi connectivity index (χ1v) is 15.9. The van der Waals surface area contributed by atoms with Crippen LogP contribution in [0.5, 0.6) is 11.5 Å². The molecule has 236 valence electrons. The number of hydrogen-bond acceptors (Lipinski definition) is 12. The Balaban J connectivity index is 0.000000249. The summed E-state index contributed by atoms with van der Waals surface area (Å²) in [6.07, 6.45) is 0. The quantitative estimate of drug-likeness (QED) is 0.106. The predicted octanol–water partition coefficient (Wildman–Crippen LogP) is 6.83. The molecule has 0 aliphatic rings. The molecule has 0 unspecified atom stereocenters. The molecule has 0 amide bonds. The average Bonchev–Trinajstić information content (AvgIpc) is 3.65. The molecule has 4 aromatic rings. The van der Waals surface area contributed by atoms with Gasteiger partial charge in [0.05, 0.1) is 20.3 Å². The number of aryl methyl sites for hydroxylation is 2. The molecule has 0 spiro atoms. The summed E-state index contributed by atoms with van der Waals surface area (Å²) in [7, 11) is -4.14. The molecule has 2 aromatic heterocycles. The molecule has 10 nitrogen and oxygen atoms in total. The zero-order chi connectivity index (χ0) is 32.7. The molecular formula is C28H27F3N2O8S3. The van der Waals surface area contributed by atoms with Crippen molar-refractivity contribution in [3.8, 4) is 32.6 Å². The topological polar surface area (TPSA) is 131 Å². The van der Waals surface area contributed by atoms with Crippen molar-refractivity contribution in [2.24, 2.45) is 0 Å². The van der Waals surface area contributed by atoms with Gasteiger partial charge < -0.3 is 18.4 Å². The maximum Gasteiger partial charge on any atom is 0.534 e. The number of carbonyl (C=O) groups excluding carboxylic acids is 2. The first kappa shape index (κ1) is 34.5. The molecule has 0 saturated heterocycles. The molecular weight excluding hydrogens is 646 g/mol. The Labute approximate surface area is 259 Å². The third kappa shape index (κ3) is 8.54. The van der Waals surface area contributed by atoms with Crippen molar-refractivity contribution >= 4 is 44.7 Å². The Morgan fingerprint density at radius 1 is 0.795 bits per heavy atom. The summed E-state index contributed by atoms with van der Waals surface area (Å²) in [6.45, 7) is 7.59. The maximum atomic E-state index is 12.4. The van der Waals surface area contributed by atoms with E-state index in [4.69, 9.17) is 14.2 Å². The number of carbonyl (C=O) groups is 2. The summed E-state index contributed by atoms with van der Waals surface area (Å²) < 4.78 is 78.5. The summed E-state index contributed by atoms with van der Waals surface area (Å²) in [5.74, 6) is -0.750. The zero-order valence-electron chi connectivity index (χ0n) is 24.1. The van der Waals surface area contributed by atoms with Gasteiger partial charge in [0.2, 0.25) is 0 Å². The zero-order valence-corrected chi connectivity index (χ0v) is 26.5. The van der Waals surface area contributed by atoms with Crippen molar-refractivity contribution in [3.63, 3.8) is 0 Å². The third-order valence-corrected chi connectivity index (χ3v) is 8.31. The van der Waals surface area contributed by atoms with Gasteiger partial charge >= 0.3 is 27.6 Å². The first-order valence-electron chi connectivity index (χ1n) is 12.7. The van der Waals surface area contributed by atoms with Crippen molar-refractivity contribution in [2.75, 3.05) is 20.3 Å². The van der Waals surface area contributed by atoms with E-state index >= 15 is 0 Å². The van der Waals surface area contributed by atoms with Crippen LogP contribution in [0.1, 0.15) is 46.0 Å². The minimum atomic E-state index is -5.77. The number of rotatable bonds is 9. The van der Waals surface area contributed by atoms with Crippen LogP contribution in [-0.2, 0) is 19.6 Å². The largest absolute Gasteiger partial charge is 0.534 e. The highest BCUT2D eigenvalue weighted by Gasteiger charge is 2.48. The van der Waals surface area contributed by atoms with Crippen LogP contribution in [0, 0.1) is 13.8 Å². The van der Waals surface area contributed by atoms with Crippen LogP contribution in [0.2, 0.25) is 0 Å². The van der Waals surface area contributed by atoms with E-state index in [1.165, 1.54) is 22.8 Å². The number of nitrogens with zero attached hydrogens (tertiary/aromatic N) is 2. The maximum absolute atomic E-state index is 12.4. The van der Waals surface area contributed by atoms with Crippen LogP contribution in [0.25, 0.3) is 21.1 Å². The standard InChI is InChI=1S/C14H12F3NO5S2.C14H15NO3S/c1-3-22-13(19)11-7-24-12(18-11)10-6-9(5-4-8(10)2)23-25(20,21)14(15,16)17;1-4-18-14(16)12-8-19-13(15-12)11-7-10(17-3)6-5-9(11)2/h4-7H,3H2,1-2H3;5-8H,4H2,1-3H3. The molecule has 2 heterocycles. The van der Waals surface area contributed by atoms with Crippen LogP contribution in [-0.4, -0.2) is 56.2 Å². The fraction of sp³-hybridized carbons (Fsp3) is 0.286. The normalized spacial score (nSPS) is 11.3. The third-order valence-electron chi connectivity index (χ3n) is 5.58. The van der Waals surface area contributed by atoms with Gasteiger partial charge in [0.15, 0.2) is 11.4 Å². The predicted molar refractivity (Wildman–Crippen MR) is 159 cm³/mol. The van der Waals surface area contributed by atoms with Gasteiger partial charge in [-0.3, -0.25) is 0 Å². The summed E-state index contributed by atoms with van der Waals surface area (Å²) in [6, 6.07) is 9.40. The van der Waals surface area contributed by atoms with Gasteiger partial charge in [-0.25, -0.2) is 19.6 Å². The fourth-order valence-corrected chi connectivity index (χ4v) is 5.60. The fourth-order valence-electron chi connectivity index (χ4n) is 3.41. The Hall–Kier alpha value is -4.02. The summed E-state index contributed by atoms with van der Waals surface area (Å²) in [4.78, 5) is 31.6. The number of thiazole rings is 2. The van der Waals surface area contributed by atoms with E-state index in [1.54, 1.807) is 33.3 Å². The second kappa shape index (κ2) is 14.6. The molecule has 4 rings (SSSR count). The molecule has 0 aliphatic heterocycles. The molecule has 0 radical (unpaired) electrons. The average molecular weight is 673 g/mol. The number of esters is 2. The van der Waals surface area contributed by atoms with Gasteiger partial charge in [-0.1, -0.05) is 12.1 Å². The van der Waals surface area contributed by atoms with Crippen molar-refractivity contribution < 1.29 is 49.6 Å². The van der Waals surface area contributed by atoms with E-state index in [-0.39, 0.29) is 18.3 Å². The Kier molecular flexibility index (Phi) is 11.5. The molecule has 2 aromatic carbocycles. The highest BCUT2D eigenvalue weighted by Crippen LogP contribution is 2.33. The number of halogens is 3. The number of ether oxygens (including phenoxy) is 3. The Morgan fingerprint density at radius 3 is 1.64 bits per heavy atom. The van der Waals surface area contributed by atoms with Gasteiger partial charge in [0, 0.05) is 21.9 Å². The molecule has 0 bridgehead atoms. The van der Waals surface area contributed by atoms with E-state index in [0.717, 1.165) is 45.4 Å². The Bertz CT molecular complexity index is 1730. The van der Waals surface area contributed by atoms with Crippen molar-refractivity contribution in [1.82, 2.24) is 9.97 Å². The minimum Gasteiger partial charge on any atom is -0.497 e. The molecule has 0 fully saturated rings. The summed E-state index contributed by atoms with van der Waals surface area (Å²) in [5, 5.41) is 4.26. The van der Waals surface area contributed by atoms with Crippen molar-refractivity contribution in [2.45, 2.75) is 33.2 Å². The van der Waals surface area contributed by atoms with Gasteiger partial charge in [-0.05, 0) is 63.1 Å². The number of hydrogen-bond donors (Lipinski definition) is 0. The van der Waals surface area contributed by atoms with E-state index < -0.39 is 27.3 Å². The van der Waals surface area contributed by atoms with Crippen LogP contribution >= 0.6 is 22.7 Å².